The van der Waals surface area contributed by atoms with E-state index in [0.29, 0.717) is 10.8 Å². The van der Waals surface area contributed by atoms with Gasteiger partial charge in [0.25, 0.3) is 5.91 Å². The highest BCUT2D eigenvalue weighted by atomic mass is 32.1. The summed E-state index contributed by atoms with van der Waals surface area (Å²) in [5, 5.41) is 4.99. The minimum absolute atomic E-state index is 0.0531. The van der Waals surface area contributed by atoms with Crippen LogP contribution in [0.5, 0.6) is 0 Å². The summed E-state index contributed by atoms with van der Waals surface area (Å²) in [5.74, 6) is -1.17. The molecule has 0 fully saturated rings. The van der Waals surface area contributed by atoms with Crippen LogP contribution in [0.2, 0.25) is 0 Å². The van der Waals surface area contributed by atoms with Gasteiger partial charge in [-0.05, 0) is 25.8 Å². The first kappa shape index (κ1) is 19.6. The molecule has 8 heteroatoms. The Balaban J connectivity index is 1.60. The summed E-state index contributed by atoms with van der Waals surface area (Å²) in [7, 11) is 0. The zero-order chi connectivity index (χ0) is 20.1. The van der Waals surface area contributed by atoms with E-state index in [2.05, 4.69) is 39.3 Å². The van der Waals surface area contributed by atoms with Crippen molar-refractivity contribution in [2.24, 2.45) is 0 Å². The van der Waals surface area contributed by atoms with E-state index in [9.17, 15) is 9.59 Å². The van der Waals surface area contributed by atoms with E-state index >= 15 is 0 Å². The molecule has 2 aromatic heterocycles. The standard InChI is InChI=1S/C20H20N4O3S/c1-4-14-5-7-15(8-6-14)17-11-28-20(23-17)24-18(25)13(3)27-19(26)16-10-21-12(2)9-22-16/h5-11,13H,4H2,1-3H3,(H,23,24,25)/t13-/m1/s1. The molecule has 0 aliphatic carbocycles. The van der Waals surface area contributed by atoms with Gasteiger partial charge >= 0.3 is 5.97 Å². The molecule has 2 heterocycles. The lowest BCUT2D eigenvalue weighted by Gasteiger charge is -2.11. The molecule has 0 radical (unpaired) electrons. The van der Waals surface area contributed by atoms with Crippen molar-refractivity contribution in [1.82, 2.24) is 15.0 Å². The van der Waals surface area contributed by atoms with Gasteiger partial charge in [-0.2, -0.15) is 0 Å². The number of nitrogens with zero attached hydrogens (tertiary/aromatic N) is 3. The number of hydrogen-bond acceptors (Lipinski definition) is 7. The number of esters is 1. The van der Waals surface area contributed by atoms with Gasteiger partial charge < -0.3 is 4.74 Å². The second-order valence-electron chi connectivity index (χ2n) is 6.17. The van der Waals surface area contributed by atoms with Gasteiger partial charge in [-0.3, -0.25) is 15.1 Å². The van der Waals surface area contributed by atoms with Crippen molar-refractivity contribution in [2.75, 3.05) is 5.32 Å². The van der Waals surface area contributed by atoms with Gasteiger partial charge in [0, 0.05) is 17.1 Å². The molecule has 0 aliphatic heterocycles. The average molecular weight is 396 g/mol. The Morgan fingerprint density at radius 2 is 1.93 bits per heavy atom. The molecular weight excluding hydrogens is 376 g/mol. The molecule has 0 unspecified atom stereocenters. The first-order chi connectivity index (χ1) is 13.5. The molecule has 3 aromatic rings. The molecule has 7 nitrogen and oxygen atoms in total. The van der Waals surface area contributed by atoms with Crippen LogP contribution in [0.4, 0.5) is 5.13 Å². The zero-order valence-corrected chi connectivity index (χ0v) is 16.6. The maximum absolute atomic E-state index is 12.3. The Bertz CT molecular complexity index is 968. The fourth-order valence-corrected chi connectivity index (χ4v) is 3.08. The van der Waals surface area contributed by atoms with Crippen molar-refractivity contribution in [1.29, 1.82) is 0 Å². The van der Waals surface area contributed by atoms with Crippen LogP contribution in [-0.2, 0) is 16.0 Å². The quantitative estimate of drug-likeness (QED) is 0.639. The van der Waals surface area contributed by atoms with Crippen LogP contribution in [0.15, 0.2) is 42.0 Å². The van der Waals surface area contributed by atoms with Crippen LogP contribution >= 0.6 is 11.3 Å². The number of carbonyl (C=O) groups is 2. The molecule has 3 rings (SSSR count). The van der Waals surface area contributed by atoms with Crippen LogP contribution in [0.25, 0.3) is 11.3 Å². The van der Waals surface area contributed by atoms with Crippen LogP contribution in [0, 0.1) is 6.92 Å². The summed E-state index contributed by atoms with van der Waals surface area (Å²) >= 11 is 1.31. The number of anilines is 1. The third kappa shape index (κ3) is 4.77. The number of aryl methyl sites for hydroxylation is 2. The third-order valence-corrected chi connectivity index (χ3v) is 4.79. The predicted octanol–water partition coefficient (Wildman–Crippen LogP) is 3.65. The highest BCUT2D eigenvalue weighted by Crippen LogP contribution is 2.25. The van der Waals surface area contributed by atoms with E-state index in [1.54, 1.807) is 6.92 Å². The fourth-order valence-electron chi connectivity index (χ4n) is 2.35. The molecule has 144 valence electrons. The molecule has 28 heavy (non-hydrogen) atoms. The number of thiazole rings is 1. The highest BCUT2D eigenvalue weighted by molar-refractivity contribution is 7.14. The fraction of sp³-hybridized carbons (Fsp3) is 0.250. The molecule has 1 atom stereocenters. The maximum atomic E-state index is 12.3. The number of benzene rings is 1. The Hall–Kier alpha value is -3.13. The molecule has 0 bridgehead atoms. The monoisotopic (exact) mass is 396 g/mol. The van der Waals surface area contributed by atoms with Crippen molar-refractivity contribution in [2.45, 2.75) is 33.3 Å². The zero-order valence-electron chi connectivity index (χ0n) is 15.8. The highest BCUT2D eigenvalue weighted by Gasteiger charge is 2.21. The molecule has 1 aromatic carbocycles. The first-order valence-electron chi connectivity index (χ1n) is 8.81. The molecule has 1 N–H and O–H groups in total. The van der Waals surface area contributed by atoms with Crippen LogP contribution in [-0.4, -0.2) is 32.9 Å². The van der Waals surface area contributed by atoms with Crippen molar-refractivity contribution in [3.8, 4) is 11.3 Å². The first-order valence-corrected chi connectivity index (χ1v) is 9.69. The largest absolute Gasteiger partial charge is 0.448 e. The lowest BCUT2D eigenvalue weighted by molar-refractivity contribution is -0.123. The number of aromatic nitrogens is 3. The van der Waals surface area contributed by atoms with E-state index in [-0.39, 0.29) is 5.69 Å². The van der Waals surface area contributed by atoms with Gasteiger partial charge in [-0.25, -0.2) is 14.8 Å². The minimum Gasteiger partial charge on any atom is -0.448 e. The van der Waals surface area contributed by atoms with E-state index < -0.39 is 18.0 Å². The lowest BCUT2D eigenvalue weighted by Crippen LogP contribution is -2.30. The predicted molar refractivity (Wildman–Crippen MR) is 107 cm³/mol. The summed E-state index contributed by atoms with van der Waals surface area (Å²) in [6.07, 6.45) is 2.76. The second kappa shape index (κ2) is 8.71. The molecular formula is C20H20N4O3S. The smallest absolute Gasteiger partial charge is 0.359 e. The molecule has 0 spiro atoms. The Morgan fingerprint density at radius 1 is 1.18 bits per heavy atom. The molecule has 1 amide bonds. The number of rotatable bonds is 6. The van der Waals surface area contributed by atoms with Gasteiger partial charge in [0.1, 0.15) is 0 Å². The third-order valence-electron chi connectivity index (χ3n) is 4.04. The van der Waals surface area contributed by atoms with Gasteiger partial charge in [0.2, 0.25) is 0 Å². The Morgan fingerprint density at radius 3 is 2.57 bits per heavy atom. The number of nitrogens with one attached hydrogen (secondary N) is 1. The van der Waals surface area contributed by atoms with Gasteiger partial charge in [0.15, 0.2) is 16.9 Å². The average Bonchev–Trinajstić information content (AvgIpc) is 3.17. The SMILES string of the molecule is CCc1ccc(-c2csc(NC(=O)[C@@H](C)OC(=O)c3cnc(C)cn3)n2)cc1. The van der Waals surface area contributed by atoms with E-state index in [0.717, 1.165) is 17.7 Å². The van der Waals surface area contributed by atoms with Crippen molar-refractivity contribution < 1.29 is 14.3 Å². The Kier molecular flexibility index (Phi) is 6.10. The van der Waals surface area contributed by atoms with Crippen LogP contribution in [0.1, 0.15) is 35.6 Å². The van der Waals surface area contributed by atoms with Crippen molar-refractivity contribution >= 4 is 28.3 Å². The van der Waals surface area contributed by atoms with Crippen molar-refractivity contribution in [3.05, 3.63) is 59.0 Å². The number of hydrogen-bond donors (Lipinski definition) is 1. The van der Waals surface area contributed by atoms with Gasteiger partial charge in [-0.1, -0.05) is 31.2 Å². The molecule has 0 aliphatic rings. The normalized spacial score (nSPS) is 11.7. The molecule has 0 saturated heterocycles. The van der Waals surface area contributed by atoms with Gasteiger partial charge in [0.05, 0.1) is 17.6 Å². The summed E-state index contributed by atoms with van der Waals surface area (Å²) in [4.78, 5) is 36.7. The lowest BCUT2D eigenvalue weighted by atomic mass is 10.1. The van der Waals surface area contributed by atoms with E-state index in [4.69, 9.17) is 4.74 Å². The maximum Gasteiger partial charge on any atom is 0.359 e. The van der Waals surface area contributed by atoms with Gasteiger partial charge in [-0.15, -0.1) is 11.3 Å². The Labute approximate surface area is 166 Å². The summed E-state index contributed by atoms with van der Waals surface area (Å²) in [6, 6.07) is 8.13. The topological polar surface area (TPSA) is 94.1 Å². The van der Waals surface area contributed by atoms with E-state index in [1.165, 1.54) is 36.2 Å². The van der Waals surface area contributed by atoms with E-state index in [1.807, 2.05) is 17.5 Å². The molecule has 0 saturated carbocycles. The number of ether oxygens (including phenoxy) is 1. The van der Waals surface area contributed by atoms with Crippen molar-refractivity contribution in [3.63, 3.8) is 0 Å². The number of amides is 1. The van der Waals surface area contributed by atoms with Crippen LogP contribution < -0.4 is 5.32 Å². The number of carbonyl (C=O) groups excluding carboxylic acids is 2. The second-order valence-corrected chi connectivity index (χ2v) is 7.03. The summed E-state index contributed by atoms with van der Waals surface area (Å²) in [6.45, 7) is 5.36. The minimum atomic E-state index is -0.994. The van der Waals surface area contributed by atoms with Crippen LogP contribution in [0.3, 0.4) is 0 Å². The summed E-state index contributed by atoms with van der Waals surface area (Å²) < 4.78 is 5.15. The summed E-state index contributed by atoms with van der Waals surface area (Å²) in [5.41, 5.74) is 3.75.